The maximum atomic E-state index is 12.9. The molecule has 1 saturated heterocycles. The van der Waals surface area contributed by atoms with E-state index in [0.29, 0.717) is 10.8 Å². The van der Waals surface area contributed by atoms with Crippen molar-refractivity contribution in [3.05, 3.63) is 59.0 Å². The smallest absolute Gasteiger partial charge is 0.410 e. The van der Waals surface area contributed by atoms with Gasteiger partial charge in [0.2, 0.25) is 0 Å². The van der Waals surface area contributed by atoms with E-state index in [9.17, 15) is 9.18 Å². The predicted octanol–water partition coefficient (Wildman–Crippen LogP) is 3.90. The van der Waals surface area contributed by atoms with Gasteiger partial charge in [-0.25, -0.2) is 14.2 Å². The van der Waals surface area contributed by atoms with Crippen molar-refractivity contribution in [2.24, 2.45) is 5.41 Å². The summed E-state index contributed by atoms with van der Waals surface area (Å²) in [5, 5.41) is 9.59. The van der Waals surface area contributed by atoms with Crippen LogP contribution in [0.4, 0.5) is 15.0 Å². The molecule has 4 heterocycles. The van der Waals surface area contributed by atoms with Gasteiger partial charge in [-0.15, -0.1) is 10.2 Å². The minimum absolute atomic E-state index is 0.218. The van der Waals surface area contributed by atoms with Crippen LogP contribution in [0.15, 0.2) is 36.8 Å². The number of nitrogens with zero attached hydrogens (tertiary/aromatic N) is 7. The largest absolute Gasteiger partial charge is 0.444 e. The highest BCUT2D eigenvalue weighted by Crippen LogP contribution is 2.56. The fourth-order valence-corrected chi connectivity index (χ4v) is 5.70. The molecule has 0 radical (unpaired) electrons. The van der Waals surface area contributed by atoms with Crippen LogP contribution < -0.4 is 4.90 Å². The van der Waals surface area contributed by atoms with Crippen LogP contribution in [0, 0.1) is 5.41 Å². The number of benzene rings is 1. The van der Waals surface area contributed by atoms with Gasteiger partial charge in [-0.05, 0) is 43.5 Å². The van der Waals surface area contributed by atoms with Crippen molar-refractivity contribution in [2.45, 2.75) is 44.9 Å². The summed E-state index contributed by atoms with van der Waals surface area (Å²) in [4.78, 5) is 25.1. The number of hydrogen-bond donors (Lipinski definition) is 0. The molecule has 182 valence electrons. The van der Waals surface area contributed by atoms with Crippen LogP contribution in [0.5, 0.6) is 0 Å². The van der Waals surface area contributed by atoms with E-state index in [0.717, 1.165) is 48.8 Å². The van der Waals surface area contributed by atoms with E-state index >= 15 is 0 Å². The number of carbonyl (C=O) groups excluding carboxylic acids is 1. The van der Waals surface area contributed by atoms with Crippen LogP contribution in [-0.2, 0) is 17.8 Å². The normalized spacial score (nSPS) is 19.3. The molecule has 9 nitrogen and oxygen atoms in total. The van der Waals surface area contributed by atoms with Crippen molar-refractivity contribution in [3.8, 4) is 5.69 Å². The number of aromatic nitrogens is 5. The summed E-state index contributed by atoms with van der Waals surface area (Å²) in [5.74, 6) is 2.74. The first-order valence-corrected chi connectivity index (χ1v) is 12.1. The Bertz CT molecular complexity index is 1260. The molecule has 1 amide bonds. The second kappa shape index (κ2) is 8.44. The van der Waals surface area contributed by atoms with Gasteiger partial charge in [0.15, 0.2) is 5.82 Å². The maximum Gasteiger partial charge on any atom is 0.410 e. The van der Waals surface area contributed by atoms with Crippen LogP contribution >= 0.6 is 11.6 Å². The predicted molar refractivity (Wildman–Crippen MR) is 126 cm³/mol. The van der Waals surface area contributed by atoms with E-state index < -0.39 is 18.9 Å². The molecule has 35 heavy (non-hydrogen) atoms. The first-order chi connectivity index (χ1) is 16.9. The summed E-state index contributed by atoms with van der Waals surface area (Å²) in [6, 6.07) is 5.63. The number of amides is 1. The molecule has 3 aliphatic rings. The third-order valence-electron chi connectivity index (χ3n) is 7.16. The molecule has 3 aromatic rings. The van der Waals surface area contributed by atoms with Crippen molar-refractivity contribution in [1.29, 1.82) is 0 Å². The Morgan fingerprint density at radius 3 is 2.83 bits per heavy atom. The van der Waals surface area contributed by atoms with Crippen LogP contribution in [-0.4, -0.2) is 61.6 Å². The van der Waals surface area contributed by atoms with E-state index in [4.69, 9.17) is 16.3 Å². The average Bonchev–Trinajstić information content (AvgIpc) is 3.12. The van der Waals surface area contributed by atoms with Gasteiger partial charge in [-0.1, -0.05) is 11.6 Å². The molecular formula is C24H25ClFN7O2. The minimum atomic E-state index is -0.812. The summed E-state index contributed by atoms with van der Waals surface area (Å²) in [6.07, 6.45) is 5.84. The summed E-state index contributed by atoms with van der Waals surface area (Å²) in [7, 11) is 0. The lowest BCUT2D eigenvalue weighted by atomic mass is 9.57. The summed E-state index contributed by atoms with van der Waals surface area (Å²) < 4.78 is 20.2. The molecule has 1 aliphatic carbocycles. The fraction of sp³-hybridized carbons (Fsp3) is 0.458. The monoisotopic (exact) mass is 497 g/mol. The number of alkyl halides is 1. The number of hydrogen-bond acceptors (Lipinski definition) is 7. The second-order valence-corrected chi connectivity index (χ2v) is 10.2. The van der Waals surface area contributed by atoms with Gasteiger partial charge < -0.3 is 9.64 Å². The topological polar surface area (TPSA) is 89.3 Å². The SMILES string of the molecule is C[C@@H](CF)OC(=O)N1Cc2cc(Cl)ccc2-n2c(nnc2C2CC3(C2)CN(c2cnccn2)C3)C1. The summed E-state index contributed by atoms with van der Waals surface area (Å²) >= 11 is 6.29. The molecule has 1 atom stereocenters. The van der Waals surface area contributed by atoms with Crippen LogP contribution in [0.2, 0.25) is 5.02 Å². The van der Waals surface area contributed by atoms with Gasteiger partial charge in [0.25, 0.3) is 0 Å². The number of anilines is 1. The Labute approximate surface area is 206 Å². The maximum absolute atomic E-state index is 12.9. The third-order valence-corrected chi connectivity index (χ3v) is 7.39. The van der Waals surface area contributed by atoms with E-state index in [1.54, 1.807) is 18.6 Å². The molecular weight excluding hydrogens is 473 g/mol. The van der Waals surface area contributed by atoms with E-state index in [2.05, 4.69) is 29.6 Å². The van der Waals surface area contributed by atoms with Crippen LogP contribution in [0.3, 0.4) is 0 Å². The van der Waals surface area contributed by atoms with Gasteiger partial charge in [-0.3, -0.25) is 14.5 Å². The molecule has 2 aliphatic heterocycles. The molecule has 1 saturated carbocycles. The molecule has 1 aromatic carbocycles. The van der Waals surface area contributed by atoms with Gasteiger partial charge in [0.1, 0.15) is 24.4 Å². The fourth-order valence-electron chi connectivity index (χ4n) is 5.50. The first-order valence-electron chi connectivity index (χ1n) is 11.7. The molecule has 0 bridgehead atoms. The Hall–Kier alpha value is -3.27. The number of fused-ring (bicyclic) bond motifs is 3. The van der Waals surface area contributed by atoms with Crippen molar-refractivity contribution < 1.29 is 13.9 Å². The minimum Gasteiger partial charge on any atom is -0.444 e. The van der Waals surface area contributed by atoms with Gasteiger partial charge >= 0.3 is 6.09 Å². The van der Waals surface area contributed by atoms with Crippen LogP contribution in [0.1, 0.15) is 42.9 Å². The third kappa shape index (κ3) is 3.89. The van der Waals surface area contributed by atoms with E-state index in [1.807, 2.05) is 18.2 Å². The molecule has 2 aromatic heterocycles. The molecule has 11 heteroatoms. The highest BCUT2D eigenvalue weighted by Gasteiger charge is 2.54. The Morgan fingerprint density at radius 2 is 2.09 bits per heavy atom. The van der Waals surface area contributed by atoms with Gasteiger partial charge in [0, 0.05) is 41.8 Å². The van der Waals surface area contributed by atoms with Crippen molar-refractivity contribution in [2.75, 3.05) is 24.7 Å². The van der Waals surface area contributed by atoms with Crippen LogP contribution in [0.25, 0.3) is 5.69 Å². The summed E-state index contributed by atoms with van der Waals surface area (Å²) in [5.41, 5.74) is 2.04. The zero-order chi connectivity index (χ0) is 24.2. The quantitative estimate of drug-likeness (QED) is 0.540. The number of halogens is 2. The lowest BCUT2D eigenvalue weighted by Crippen LogP contribution is -2.62. The number of ether oxygens (including phenoxy) is 1. The lowest BCUT2D eigenvalue weighted by molar-refractivity contribution is 0.0546. The van der Waals surface area contributed by atoms with Crippen molar-refractivity contribution in [1.82, 2.24) is 29.6 Å². The molecule has 0 N–H and O–H groups in total. The Kier molecular flexibility index (Phi) is 5.36. The highest BCUT2D eigenvalue weighted by molar-refractivity contribution is 6.30. The Balaban J connectivity index is 1.24. The van der Waals surface area contributed by atoms with Crippen molar-refractivity contribution in [3.63, 3.8) is 0 Å². The van der Waals surface area contributed by atoms with E-state index in [1.165, 1.54) is 11.8 Å². The number of carbonyl (C=O) groups is 1. The standard InChI is InChI=1S/C24H25ClFN7O2/c1-15(9-26)35-23(34)31-11-16-6-18(25)2-3-19(16)33-21(12-31)29-30-22(33)17-7-24(8-17)13-32(14-24)20-10-27-4-5-28-20/h2-6,10,15,17H,7-9,11-14H2,1H3/t15-/m0/s1. The molecule has 6 rings (SSSR count). The lowest BCUT2D eigenvalue weighted by Gasteiger charge is -2.59. The van der Waals surface area contributed by atoms with E-state index in [-0.39, 0.29) is 24.4 Å². The second-order valence-electron chi connectivity index (χ2n) is 9.81. The zero-order valence-electron chi connectivity index (χ0n) is 19.3. The van der Waals surface area contributed by atoms with Gasteiger partial charge in [0.05, 0.1) is 25.0 Å². The first kappa shape index (κ1) is 22.2. The molecule has 2 fully saturated rings. The summed E-state index contributed by atoms with van der Waals surface area (Å²) in [6.45, 7) is 3.22. The highest BCUT2D eigenvalue weighted by atomic mass is 35.5. The molecule has 1 spiro atoms. The number of rotatable bonds is 4. The zero-order valence-corrected chi connectivity index (χ0v) is 20.0. The van der Waals surface area contributed by atoms with Gasteiger partial charge in [-0.2, -0.15) is 0 Å². The van der Waals surface area contributed by atoms with Crippen molar-refractivity contribution >= 4 is 23.5 Å². The molecule has 0 unspecified atom stereocenters. The average molecular weight is 498 g/mol. The Morgan fingerprint density at radius 1 is 1.26 bits per heavy atom.